The van der Waals surface area contributed by atoms with Gasteiger partial charge in [-0.1, -0.05) is 39.0 Å². The summed E-state index contributed by atoms with van der Waals surface area (Å²) < 4.78 is 5.43. The minimum Gasteiger partial charge on any atom is -0.439 e. The van der Waals surface area contributed by atoms with Gasteiger partial charge < -0.3 is 4.74 Å². The normalized spacial score (nSPS) is 19.2. The van der Waals surface area contributed by atoms with Crippen molar-refractivity contribution in [3.8, 4) is 0 Å². The molecule has 3 heteroatoms. The van der Waals surface area contributed by atoms with Gasteiger partial charge in [0.2, 0.25) is 0 Å². The molecule has 0 amide bonds. The number of cyclic esters (lactones) is 1. The lowest BCUT2D eigenvalue weighted by Crippen LogP contribution is -2.44. The third kappa shape index (κ3) is 3.35. The zero-order valence-electron chi connectivity index (χ0n) is 12.4. The molecule has 19 heavy (non-hydrogen) atoms. The molecule has 1 heterocycles. The third-order valence-electron chi connectivity index (χ3n) is 3.18. The predicted molar refractivity (Wildman–Crippen MR) is 75.9 cm³/mol. The highest BCUT2D eigenvalue weighted by Crippen LogP contribution is 2.33. The van der Waals surface area contributed by atoms with Gasteiger partial charge in [0.15, 0.2) is 6.23 Å². The molecule has 0 spiro atoms. The van der Waals surface area contributed by atoms with E-state index >= 15 is 0 Å². The number of ether oxygens (including phenoxy) is 1. The minimum atomic E-state index is -0.332. The highest BCUT2D eigenvalue weighted by atomic mass is 16.6. The van der Waals surface area contributed by atoms with E-state index in [1.165, 1.54) is 0 Å². The number of esters is 1. The second-order valence-corrected chi connectivity index (χ2v) is 7.14. The lowest BCUT2D eigenvalue weighted by atomic mass is 9.81. The summed E-state index contributed by atoms with van der Waals surface area (Å²) in [6.07, 6.45) is 0.664. The van der Waals surface area contributed by atoms with Gasteiger partial charge in [0.05, 0.1) is 5.56 Å². The average molecular weight is 261 g/mol. The number of carbonyl (C=O) groups excluding carboxylic acids is 1. The summed E-state index contributed by atoms with van der Waals surface area (Å²) in [5.41, 5.74) is 1.74. The molecule has 3 nitrogen and oxygen atoms in total. The van der Waals surface area contributed by atoms with Gasteiger partial charge in [0.1, 0.15) is 0 Å². The Bertz CT molecular complexity index is 486. The first-order valence-corrected chi connectivity index (χ1v) is 6.76. The smallest absolute Gasteiger partial charge is 0.340 e. The average Bonchev–Trinajstić information content (AvgIpc) is 2.52. The Balaban J connectivity index is 2.15. The highest BCUT2D eigenvalue weighted by Gasteiger charge is 2.35. The third-order valence-corrected chi connectivity index (χ3v) is 3.18. The number of rotatable bonds is 3. The number of hydrogen-bond acceptors (Lipinski definition) is 3. The molecular weight excluding hydrogens is 238 g/mol. The van der Waals surface area contributed by atoms with E-state index in [9.17, 15) is 4.79 Å². The van der Waals surface area contributed by atoms with Crippen LogP contribution in [0.25, 0.3) is 0 Å². The summed E-state index contributed by atoms with van der Waals surface area (Å²) in [6.45, 7) is 10.9. The molecule has 1 N–H and O–H groups in total. The van der Waals surface area contributed by atoms with Crippen molar-refractivity contribution in [3.63, 3.8) is 0 Å². The molecule has 0 bridgehead atoms. The van der Waals surface area contributed by atoms with Crippen LogP contribution in [0.5, 0.6) is 0 Å². The van der Waals surface area contributed by atoms with Crippen molar-refractivity contribution in [1.82, 2.24) is 5.32 Å². The van der Waals surface area contributed by atoms with E-state index in [2.05, 4.69) is 39.9 Å². The first kappa shape index (κ1) is 14.1. The Hall–Kier alpha value is -1.35. The fraction of sp³-hybridized carbons (Fsp3) is 0.562. The topological polar surface area (TPSA) is 38.3 Å². The van der Waals surface area contributed by atoms with Crippen LogP contribution in [0.15, 0.2) is 24.3 Å². The van der Waals surface area contributed by atoms with Crippen molar-refractivity contribution in [2.24, 2.45) is 5.41 Å². The SMILES string of the molecule is CC(C)(C)CC(C)(C)NC1OC(=O)c2ccccc21. The van der Waals surface area contributed by atoms with Crippen molar-refractivity contribution in [3.05, 3.63) is 35.4 Å². The van der Waals surface area contributed by atoms with Crippen molar-refractivity contribution in [2.75, 3.05) is 0 Å². The van der Waals surface area contributed by atoms with E-state index in [-0.39, 0.29) is 23.2 Å². The van der Waals surface area contributed by atoms with Gasteiger partial charge in [0, 0.05) is 11.1 Å². The van der Waals surface area contributed by atoms with Crippen LogP contribution >= 0.6 is 0 Å². The van der Waals surface area contributed by atoms with E-state index in [1.807, 2.05) is 24.3 Å². The van der Waals surface area contributed by atoms with Crippen LogP contribution in [-0.4, -0.2) is 11.5 Å². The number of fused-ring (bicyclic) bond motifs is 1. The number of hydrogen-bond donors (Lipinski definition) is 1. The van der Waals surface area contributed by atoms with E-state index in [4.69, 9.17) is 4.74 Å². The summed E-state index contributed by atoms with van der Waals surface area (Å²) in [5, 5.41) is 3.46. The summed E-state index contributed by atoms with van der Waals surface area (Å²) >= 11 is 0. The van der Waals surface area contributed by atoms with Crippen molar-refractivity contribution < 1.29 is 9.53 Å². The molecule has 0 saturated carbocycles. The molecule has 2 rings (SSSR count). The van der Waals surface area contributed by atoms with Gasteiger partial charge in [0.25, 0.3) is 0 Å². The van der Waals surface area contributed by atoms with Crippen LogP contribution in [0.4, 0.5) is 0 Å². The van der Waals surface area contributed by atoms with E-state index in [1.54, 1.807) is 0 Å². The fourth-order valence-electron chi connectivity index (χ4n) is 2.98. The van der Waals surface area contributed by atoms with E-state index in [0.717, 1.165) is 12.0 Å². The molecule has 1 aromatic rings. The van der Waals surface area contributed by atoms with Crippen molar-refractivity contribution in [2.45, 2.75) is 52.8 Å². The molecule has 104 valence electrons. The van der Waals surface area contributed by atoms with Gasteiger partial charge in [-0.2, -0.15) is 0 Å². The molecule has 1 aliphatic heterocycles. The molecule has 0 fully saturated rings. The van der Waals surface area contributed by atoms with Gasteiger partial charge in [-0.05, 0) is 31.7 Å². The first-order chi connectivity index (χ1) is 8.68. The zero-order chi connectivity index (χ0) is 14.3. The minimum absolute atomic E-state index is 0.0966. The molecule has 0 aromatic heterocycles. The maximum absolute atomic E-state index is 11.8. The molecule has 0 aliphatic carbocycles. The van der Waals surface area contributed by atoms with Gasteiger partial charge in [-0.25, -0.2) is 4.79 Å². The maximum atomic E-state index is 11.8. The molecule has 0 saturated heterocycles. The fourth-order valence-corrected chi connectivity index (χ4v) is 2.98. The highest BCUT2D eigenvalue weighted by molar-refractivity contribution is 5.93. The molecular formula is C16H23NO2. The summed E-state index contributed by atoms with van der Waals surface area (Å²) in [5.74, 6) is -0.236. The van der Waals surface area contributed by atoms with Crippen LogP contribution in [0, 0.1) is 5.41 Å². The standard InChI is InChI=1S/C16H23NO2/c1-15(2,3)10-16(4,5)17-13-11-8-6-7-9-12(11)14(18)19-13/h6-9,13,17H,10H2,1-5H3. The largest absolute Gasteiger partial charge is 0.439 e. The summed E-state index contributed by atoms with van der Waals surface area (Å²) in [4.78, 5) is 11.8. The summed E-state index contributed by atoms with van der Waals surface area (Å²) in [7, 11) is 0. The molecule has 0 radical (unpaired) electrons. The van der Waals surface area contributed by atoms with Crippen molar-refractivity contribution >= 4 is 5.97 Å². The number of carbonyl (C=O) groups is 1. The van der Waals surface area contributed by atoms with Gasteiger partial charge >= 0.3 is 5.97 Å². The first-order valence-electron chi connectivity index (χ1n) is 6.76. The van der Waals surface area contributed by atoms with Crippen LogP contribution < -0.4 is 5.32 Å². The van der Waals surface area contributed by atoms with Crippen LogP contribution in [-0.2, 0) is 4.74 Å². The molecule has 1 aromatic carbocycles. The zero-order valence-corrected chi connectivity index (χ0v) is 12.4. The predicted octanol–water partition coefficient (Wildman–Crippen LogP) is 3.66. The second kappa shape index (κ2) is 4.64. The Morgan fingerprint density at radius 2 is 1.79 bits per heavy atom. The lowest BCUT2D eigenvalue weighted by Gasteiger charge is -2.35. The molecule has 1 unspecified atom stereocenters. The van der Waals surface area contributed by atoms with Gasteiger partial charge in [-0.3, -0.25) is 5.32 Å². The Morgan fingerprint density at radius 3 is 2.42 bits per heavy atom. The maximum Gasteiger partial charge on any atom is 0.340 e. The monoisotopic (exact) mass is 261 g/mol. The van der Waals surface area contributed by atoms with Crippen LogP contribution in [0.3, 0.4) is 0 Å². The van der Waals surface area contributed by atoms with E-state index in [0.29, 0.717) is 5.56 Å². The quantitative estimate of drug-likeness (QED) is 0.844. The molecule has 1 atom stereocenters. The van der Waals surface area contributed by atoms with Crippen LogP contribution in [0.1, 0.15) is 63.2 Å². The van der Waals surface area contributed by atoms with Crippen LogP contribution in [0.2, 0.25) is 0 Å². The van der Waals surface area contributed by atoms with Gasteiger partial charge in [-0.15, -0.1) is 0 Å². The van der Waals surface area contributed by atoms with E-state index < -0.39 is 0 Å². The Morgan fingerprint density at radius 1 is 1.16 bits per heavy atom. The summed E-state index contributed by atoms with van der Waals surface area (Å²) in [6, 6.07) is 7.57. The number of nitrogens with one attached hydrogen (secondary N) is 1. The van der Waals surface area contributed by atoms with Crippen molar-refractivity contribution in [1.29, 1.82) is 0 Å². The Labute approximate surface area is 115 Å². The second-order valence-electron chi connectivity index (χ2n) is 7.14. The lowest BCUT2D eigenvalue weighted by molar-refractivity contribution is 0.0197. The Kier molecular flexibility index (Phi) is 3.43. The number of benzene rings is 1. The molecule has 1 aliphatic rings.